The minimum absolute atomic E-state index is 0. The van der Waals surface area contributed by atoms with Crippen LogP contribution in [-0.4, -0.2) is 15.4 Å². The van der Waals surface area contributed by atoms with E-state index >= 15 is 0 Å². The molecule has 0 amide bonds. The number of hydrogen-bond acceptors (Lipinski definition) is 11. The molecule has 94 valence electrons. The van der Waals surface area contributed by atoms with Gasteiger partial charge in [0.1, 0.15) is 0 Å². The molecule has 0 unspecified atom stereocenters. The van der Waals surface area contributed by atoms with Gasteiger partial charge in [-0.3, -0.25) is 0 Å². The predicted molar refractivity (Wildman–Crippen MR) is 35.0 cm³/mol. The van der Waals surface area contributed by atoms with Crippen molar-refractivity contribution in [1.82, 2.24) is 15.4 Å². The molecule has 1 aromatic rings. The van der Waals surface area contributed by atoms with Crippen molar-refractivity contribution in [2.45, 2.75) is 0 Å². The Morgan fingerprint density at radius 1 is 0.684 bits per heavy atom. The standard InChI is InChI=1S/C3H3N3.2H3O4P.3Zn/c1-2-4-6-5-3-1;2*1-5(2,3)4;;;/h1-3H;2*(H3,1,2,3,4);;;/q;;;3*+2/p-6. The average Bonchev–Trinajstić information content (AvgIpc) is 2.01. The van der Waals surface area contributed by atoms with E-state index in [2.05, 4.69) is 15.4 Å². The molecule has 0 radical (unpaired) electrons. The average molecular weight is 467 g/mol. The number of phosphoric acid groups is 2. The van der Waals surface area contributed by atoms with Crippen LogP contribution in [0.25, 0.3) is 0 Å². The third-order valence-electron chi connectivity index (χ3n) is 0.409. The fourth-order valence-electron chi connectivity index (χ4n) is 0.205. The molecule has 16 heteroatoms. The molecule has 0 bridgehead atoms. The third-order valence-corrected chi connectivity index (χ3v) is 0.409. The molecule has 1 rings (SSSR count). The quantitative estimate of drug-likeness (QED) is 0.259. The molecule has 0 aliphatic heterocycles. The van der Waals surface area contributed by atoms with Crippen LogP contribution in [0.3, 0.4) is 0 Å². The first-order chi connectivity index (χ1) is 7.00. The van der Waals surface area contributed by atoms with Crippen molar-refractivity contribution in [2.24, 2.45) is 0 Å². The van der Waals surface area contributed by atoms with Crippen LogP contribution in [0, 0.1) is 0 Å². The van der Waals surface area contributed by atoms with Crippen molar-refractivity contribution in [3.8, 4) is 0 Å². The summed E-state index contributed by atoms with van der Waals surface area (Å²) in [6.07, 6.45) is 3.15. The van der Waals surface area contributed by atoms with Crippen LogP contribution in [0.1, 0.15) is 0 Å². The Kier molecular flexibility index (Phi) is 29.0. The second kappa shape index (κ2) is 17.2. The molecule has 1 heterocycles. The van der Waals surface area contributed by atoms with Crippen LogP contribution >= 0.6 is 15.6 Å². The van der Waals surface area contributed by atoms with Gasteiger partial charge in [0, 0.05) is 0 Å². The molecule has 0 fully saturated rings. The normalized spacial score (nSPS) is 8.74. The molecule has 0 aliphatic rings. The molecule has 0 atom stereocenters. The maximum absolute atomic E-state index is 8.55. The molecule has 0 saturated heterocycles. The zero-order chi connectivity index (χ0) is 13.2. The minimum atomic E-state index is -5.39. The summed E-state index contributed by atoms with van der Waals surface area (Å²) in [5.74, 6) is 0. The van der Waals surface area contributed by atoms with Crippen molar-refractivity contribution >= 4 is 15.6 Å². The van der Waals surface area contributed by atoms with Gasteiger partial charge < -0.3 is 38.5 Å². The summed E-state index contributed by atoms with van der Waals surface area (Å²) in [5, 5.41) is 10.1. The molecule has 0 aliphatic carbocycles. The van der Waals surface area contributed by atoms with E-state index < -0.39 is 15.6 Å². The molecule has 0 saturated carbocycles. The number of nitrogens with zero attached hydrogens (tertiary/aromatic N) is 3. The predicted octanol–water partition coefficient (Wildman–Crippen LogP) is -5.79. The Morgan fingerprint density at radius 2 is 0.895 bits per heavy atom. The second-order valence-electron chi connectivity index (χ2n) is 1.71. The van der Waals surface area contributed by atoms with Crippen molar-refractivity contribution in [1.29, 1.82) is 0 Å². The van der Waals surface area contributed by atoms with Gasteiger partial charge in [0.15, 0.2) is 0 Å². The van der Waals surface area contributed by atoms with Crippen LogP contribution < -0.4 is 29.4 Å². The number of aromatic nitrogens is 3. The Labute approximate surface area is 146 Å². The van der Waals surface area contributed by atoms with Gasteiger partial charge in [0.05, 0.1) is 12.4 Å². The Morgan fingerprint density at radius 3 is 0.947 bits per heavy atom. The summed E-state index contributed by atoms with van der Waals surface area (Å²) in [4.78, 5) is 51.3. The van der Waals surface area contributed by atoms with Crippen LogP contribution in [0.4, 0.5) is 0 Å². The SMILES string of the molecule is O=P([O-])([O-])[O-].O=P([O-])([O-])[O-].[Zn+2].[Zn+2].[Zn+2].c1cnnnc1. The maximum atomic E-state index is 8.55. The second-order valence-corrected chi connectivity index (χ2v) is 3.49. The van der Waals surface area contributed by atoms with Gasteiger partial charge in [-0.25, -0.2) is 0 Å². The van der Waals surface area contributed by atoms with Gasteiger partial charge in [0.25, 0.3) is 0 Å². The molecule has 0 N–H and O–H groups in total. The van der Waals surface area contributed by atoms with Crippen molar-refractivity contribution in [3.63, 3.8) is 0 Å². The van der Waals surface area contributed by atoms with Gasteiger partial charge in [-0.1, -0.05) is 0 Å². The third kappa shape index (κ3) is 111. The Hall–Kier alpha value is 1.10. The van der Waals surface area contributed by atoms with E-state index in [-0.39, 0.29) is 58.4 Å². The van der Waals surface area contributed by atoms with Crippen LogP contribution in [-0.2, 0) is 67.6 Å². The van der Waals surface area contributed by atoms with Crippen molar-refractivity contribution in [2.75, 3.05) is 0 Å². The topological polar surface area (TPSA) is 211 Å². The zero-order valence-corrected chi connectivity index (χ0v) is 20.0. The zero-order valence-electron chi connectivity index (χ0n) is 9.36. The van der Waals surface area contributed by atoms with Crippen LogP contribution in [0.5, 0.6) is 0 Å². The first-order valence-electron chi connectivity index (χ1n) is 3.04. The molecule has 11 nitrogen and oxygen atoms in total. The van der Waals surface area contributed by atoms with Crippen molar-refractivity contribution in [3.05, 3.63) is 18.5 Å². The summed E-state index contributed by atoms with van der Waals surface area (Å²) in [6, 6.07) is 1.72. The van der Waals surface area contributed by atoms with E-state index in [0.717, 1.165) is 0 Å². The fourth-order valence-corrected chi connectivity index (χ4v) is 0.205. The van der Waals surface area contributed by atoms with E-state index in [1.165, 1.54) is 0 Å². The van der Waals surface area contributed by atoms with Gasteiger partial charge in [-0.2, -0.15) is 15.6 Å². The number of rotatable bonds is 0. The molecular weight excluding hydrogens is 464 g/mol. The van der Waals surface area contributed by atoms with E-state index in [1.54, 1.807) is 18.5 Å². The first-order valence-corrected chi connectivity index (χ1v) is 5.96. The van der Waals surface area contributed by atoms with Gasteiger partial charge in [0.2, 0.25) is 0 Å². The smallest absolute Gasteiger partial charge is 0.822 e. The Balaban J connectivity index is -0.0000000482. The maximum Gasteiger partial charge on any atom is 2.00 e. The largest absolute Gasteiger partial charge is 2.00 e. The van der Waals surface area contributed by atoms with Crippen molar-refractivity contribution < 1.29 is 96.9 Å². The molecule has 0 aromatic carbocycles. The monoisotopic (exact) mass is 463 g/mol. The van der Waals surface area contributed by atoms with Gasteiger partial charge in [-0.15, -0.1) is 10.2 Å². The van der Waals surface area contributed by atoms with Gasteiger partial charge >= 0.3 is 58.4 Å². The van der Waals surface area contributed by atoms with E-state index in [4.69, 9.17) is 38.5 Å². The van der Waals surface area contributed by atoms with E-state index in [0.29, 0.717) is 0 Å². The van der Waals surface area contributed by atoms with Gasteiger partial charge in [-0.05, 0) is 11.3 Å². The summed E-state index contributed by atoms with van der Waals surface area (Å²) in [6.45, 7) is 0. The Bertz CT molecular complexity index is 296. The van der Waals surface area contributed by atoms with E-state index in [1.807, 2.05) is 0 Å². The molecular formula is C3H3N3O8P2Zn3. The first kappa shape index (κ1) is 32.2. The summed E-state index contributed by atoms with van der Waals surface area (Å²) in [7, 11) is -10.8. The fraction of sp³-hybridized carbons (Fsp3) is 0. The molecule has 0 spiro atoms. The summed E-state index contributed by atoms with van der Waals surface area (Å²) < 4.78 is 17.1. The van der Waals surface area contributed by atoms with Crippen LogP contribution in [0.15, 0.2) is 18.5 Å². The van der Waals surface area contributed by atoms with E-state index in [9.17, 15) is 0 Å². The minimum Gasteiger partial charge on any atom is -0.822 e. The number of hydrogen-bond donors (Lipinski definition) is 0. The molecule has 1 aromatic heterocycles. The summed E-state index contributed by atoms with van der Waals surface area (Å²) in [5.41, 5.74) is 0. The van der Waals surface area contributed by atoms with Crippen LogP contribution in [0.2, 0.25) is 0 Å². The summed E-state index contributed by atoms with van der Waals surface area (Å²) >= 11 is 0. The molecule has 19 heavy (non-hydrogen) atoms.